The number of hydrazone groups is 1. The molecule has 1 fully saturated rings. The maximum atomic E-state index is 12.2. The molecule has 1 heterocycles. The zero-order valence-electron chi connectivity index (χ0n) is 16.2. The van der Waals surface area contributed by atoms with Crippen LogP contribution in [0.4, 0.5) is 5.69 Å². The van der Waals surface area contributed by atoms with E-state index < -0.39 is 10.0 Å². The molecule has 0 bridgehead atoms. The van der Waals surface area contributed by atoms with E-state index in [-0.39, 0.29) is 10.9 Å². The summed E-state index contributed by atoms with van der Waals surface area (Å²) in [5.41, 5.74) is 5.40. The number of sulfonamides is 1. The highest BCUT2D eigenvalue weighted by molar-refractivity contribution is 7.89. The molecule has 3 aromatic rings. The molecule has 1 saturated carbocycles. The minimum atomic E-state index is -3.45. The Labute approximate surface area is 175 Å². The minimum absolute atomic E-state index is 0.0813. The molecular weight excluding hydrogens is 400 g/mol. The lowest BCUT2D eigenvalue weighted by Gasteiger charge is -2.09. The van der Waals surface area contributed by atoms with Gasteiger partial charge in [-0.3, -0.25) is 10.4 Å². The van der Waals surface area contributed by atoms with E-state index in [0.717, 1.165) is 24.0 Å². The van der Waals surface area contributed by atoms with Crippen LogP contribution < -0.4 is 14.9 Å². The smallest absolute Gasteiger partial charge is 0.240 e. The van der Waals surface area contributed by atoms with Crippen LogP contribution in [-0.2, 0) is 16.6 Å². The van der Waals surface area contributed by atoms with Gasteiger partial charge in [0, 0.05) is 29.6 Å². The van der Waals surface area contributed by atoms with E-state index in [2.05, 4.69) is 20.2 Å². The predicted molar refractivity (Wildman–Crippen MR) is 116 cm³/mol. The molecule has 8 heteroatoms. The Balaban J connectivity index is 1.37. The first kappa shape index (κ1) is 20.1. The Morgan fingerprint density at radius 1 is 1.07 bits per heavy atom. The van der Waals surface area contributed by atoms with Crippen molar-refractivity contribution in [1.29, 1.82) is 0 Å². The molecule has 2 aromatic carbocycles. The number of nitrogens with zero attached hydrogens (tertiary/aromatic N) is 2. The van der Waals surface area contributed by atoms with E-state index in [4.69, 9.17) is 4.74 Å². The van der Waals surface area contributed by atoms with Crippen LogP contribution in [0.15, 0.2) is 83.1 Å². The van der Waals surface area contributed by atoms with Crippen LogP contribution in [0.2, 0.25) is 0 Å². The van der Waals surface area contributed by atoms with Crippen LogP contribution in [0.5, 0.6) is 5.75 Å². The van der Waals surface area contributed by atoms with Gasteiger partial charge in [-0.2, -0.15) is 5.10 Å². The third kappa shape index (κ3) is 5.43. The summed E-state index contributed by atoms with van der Waals surface area (Å²) in [7, 11) is -3.45. The lowest BCUT2D eigenvalue weighted by Crippen LogP contribution is -2.25. The highest BCUT2D eigenvalue weighted by Crippen LogP contribution is 2.23. The van der Waals surface area contributed by atoms with Crippen molar-refractivity contribution in [3.63, 3.8) is 0 Å². The molecule has 154 valence electrons. The van der Waals surface area contributed by atoms with Crippen molar-refractivity contribution < 1.29 is 13.2 Å². The topological polar surface area (TPSA) is 92.7 Å². The van der Waals surface area contributed by atoms with Gasteiger partial charge < -0.3 is 4.74 Å². The second-order valence-corrected chi connectivity index (χ2v) is 8.69. The third-order valence-electron chi connectivity index (χ3n) is 4.50. The Morgan fingerprint density at radius 3 is 2.60 bits per heavy atom. The number of anilines is 1. The highest BCUT2D eigenvalue weighted by atomic mass is 32.2. The summed E-state index contributed by atoms with van der Waals surface area (Å²) in [6.07, 6.45) is 6.96. The Bertz CT molecular complexity index is 1110. The van der Waals surface area contributed by atoms with Gasteiger partial charge in [-0.25, -0.2) is 13.1 Å². The molecule has 0 aliphatic heterocycles. The van der Waals surface area contributed by atoms with Crippen LogP contribution >= 0.6 is 0 Å². The van der Waals surface area contributed by atoms with E-state index in [1.807, 2.05) is 36.4 Å². The van der Waals surface area contributed by atoms with Gasteiger partial charge in [-0.05, 0) is 55.3 Å². The lowest BCUT2D eigenvalue weighted by molar-refractivity contribution is 0.305. The molecule has 0 saturated heterocycles. The van der Waals surface area contributed by atoms with Crippen LogP contribution in [-0.4, -0.2) is 25.7 Å². The number of rotatable bonds is 9. The summed E-state index contributed by atoms with van der Waals surface area (Å²) in [6, 6.07) is 18.0. The van der Waals surface area contributed by atoms with Crippen molar-refractivity contribution >= 4 is 21.9 Å². The van der Waals surface area contributed by atoms with E-state index in [9.17, 15) is 8.42 Å². The molecule has 0 atom stereocenters. The molecular formula is C22H22N4O3S. The molecule has 1 aliphatic carbocycles. The van der Waals surface area contributed by atoms with Gasteiger partial charge in [0.2, 0.25) is 10.0 Å². The van der Waals surface area contributed by atoms with Crippen LogP contribution in [0, 0.1) is 0 Å². The molecule has 0 amide bonds. The van der Waals surface area contributed by atoms with Crippen molar-refractivity contribution in [2.24, 2.45) is 5.10 Å². The van der Waals surface area contributed by atoms with Crippen LogP contribution in [0.25, 0.3) is 0 Å². The maximum Gasteiger partial charge on any atom is 0.240 e. The zero-order chi connectivity index (χ0) is 20.8. The number of ether oxygens (including phenoxy) is 1. The fourth-order valence-electron chi connectivity index (χ4n) is 2.74. The maximum absolute atomic E-state index is 12.2. The first-order valence-electron chi connectivity index (χ1n) is 9.62. The standard InChI is InChI=1S/C22H22N4O3S/c27-30(28,26-20-7-8-20)21-11-9-19(10-12-21)25-24-15-18-5-1-2-6-22(18)29-16-17-4-3-13-23-14-17/h1-6,9-15,20,25-26H,7-8,16H2/b24-15+. The number of nitrogens with one attached hydrogen (secondary N) is 2. The van der Waals surface area contributed by atoms with Crippen molar-refractivity contribution in [2.75, 3.05) is 5.43 Å². The summed E-state index contributed by atoms with van der Waals surface area (Å²) in [6.45, 7) is 0.414. The molecule has 4 rings (SSSR count). The molecule has 0 unspecified atom stereocenters. The molecule has 7 nitrogen and oxygen atoms in total. The normalized spacial score (nSPS) is 14.0. The van der Waals surface area contributed by atoms with Gasteiger partial charge in [0.15, 0.2) is 0 Å². The average Bonchev–Trinajstić information content (AvgIpc) is 3.57. The fourth-order valence-corrected chi connectivity index (χ4v) is 4.04. The number of benzene rings is 2. The van der Waals surface area contributed by atoms with Crippen molar-refractivity contribution in [3.8, 4) is 5.75 Å². The number of hydrogen-bond donors (Lipinski definition) is 2. The van der Waals surface area contributed by atoms with Gasteiger partial charge in [0.25, 0.3) is 0 Å². The van der Waals surface area contributed by atoms with Gasteiger partial charge in [-0.15, -0.1) is 0 Å². The average molecular weight is 423 g/mol. The molecule has 1 aliphatic rings. The second-order valence-electron chi connectivity index (χ2n) is 6.98. The van der Waals surface area contributed by atoms with Crippen LogP contribution in [0.1, 0.15) is 24.0 Å². The second kappa shape index (κ2) is 9.06. The zero-order valence-corrected chi connectivity index (χ0v) is 17.0. The van der Waals surface area contributed by atoms with E-state index in [0.29, 0.717) is 18.0 Å². The van der Waals surface area contributed by atoms with Crippen molar-refractivity contribution in [3.05, 3.63) is 84.2 Å². The monoisotopic (exact) mass is 422 g/mol. The molecule has 30 heavy (non-hydrogen) atoms. The number of pyridine rings is 1. The summed E-state index contributed by atoms with van der Waals surface area (Å²) in [5.74, 6) is 0.708. The SMILES string of the molecule is O=S(=O)(NC1CC1)c1ccc(N/N=C/c2ccccc2OCc2cccnc2)cc1. The van der Waals surface area contributed by atoms with E-state index in [1.54, 1.807) is 42.9 Å². The van der Waals surface area contributed by atoms with Crippen LogP contribution in [0.3, 0.4) is 0 Å². The summed E-state index contributed by atoms with van der Waals surface area (Å²) in [4.78, 5) is 4.33. The largest absolute Gasteiger partial charge is 0.488 e. The molecule has 0 spiro atoms. The quantitative estimate of drug-likeness (QED) is 0.406. The fraction of sp³-hybridized carbons (Fsp3) is 0.182. The highest BCUT2D eigenvalue weighted by Gasteiger charge is 2.27. The number of aromatic nitrogens is 1. The van der Waals surface area contributed by atoms with Crippen molar-refractivity contribution in [2.45, 2.75) is 30.4 Å². The van der Waals surface area contributed by atoms with E-state index >= 15 is 0 Å². The third-order valence-corrected chi connectivity index (χ3v) is 6.03. The minimum Gasteiger partial charge on any atom is -0.488 e. The summed E-state index contributed by atoms with van der Waals surface area (Å²) in [5, 5.41) is 4.25. The lowest BCUT2D eigenvalue weighted by atomic mass is 10.2. The van der Waals surface area contributed by atoms with Gasteiger partial charge >= 0.3 is 0 Å². The van der Waals surface area contributed by atoms with Crippen molar-refractivity contribution in [1.82, 2.24) is 9.71 Å². The summed E-state index contributed by atoms with van der Waals surface area (Å²) < 4.78 is 33.0. The number of para-hydroxylation sites is 1. The molecule has 2 N–H and O–H groups in total. The van der Waals surface area contributed by atoms with Gasteiger partial charge in [0.05, 0.1) is 16.8 Å². The first-order chi connectivity index (χ1) is 14.6. The number of hydrogen-bond acceptors (Lipinski definition) is 6. The Hall–Kier alpha value is -3.23. The molecule has 1 aromatic heterocycles. The predicted octanol–water partition coefficient (Wildman–Crippen LogP) is 3.55. The molecule has 0 radical (unpaired) electrons. The van der Waals surface area contributed by atoms with Gasteiger partial charge in [0.1, 0.15) is 12.4 Å². The van der Waals surface area contributed by atoms with Gasteiger partial charge in [-0.1, -0.05) is 18.2 Å². The Morgan fingerprint density at radius 2 is 1.87 bits per heavy atom. The Kier molecular flexibility index (Phi) is 6.06. The van der Waals surface area contributed by atoms with E-state index in [1.165, 1.54) is 0 Å². The summed E-state index contributed by atoms with van der Waals surface area (Å²) >= 11 is 0. The first-order valence-corrected chi connectivity index (χ1v) is 11.1.